The molecule has 0 spiro atoms. The van der Waals surface area contributed by atoms with Crippen molar-refractivity contribution in [3.8, 4) is 23.0 Å². The molecule has 2 aromatic carbocycles. The van der Waals surface area contributed by atoms with E-state index in [1.165, 1.54) is 51.9 Å². The fourth-order valence-corrected chi connectivity index (χ4v) is 4.50. The quantitative estimate of drug-likeness (QED) is 0.534. The summed E-state index contributed by atoms with van der Waals surface area (Å²) in [5.41, 5.74) is 7.02. The minimum absolute atomic E-state index is 0.0484. The first kappa shape index (κ1) is 14.9. The first-order valence-corrected chi connectivity index (χ1v) is 8.33. The molecule has 6 nitrogen and oxygen atoms in total. The van der Waals surface area contributed by atoms with E-state index in [0.717, 1.165) is 0 Å². The van der Waals surface area contributed by atoms with Gasteiger partial charge in [-0.25, -0.2) is 4.99 Å². The summed E-state index contributed by atoms with van der Waals surface area (Å²) in [4.78, 5) is 3.14. The van der Waals surface area contributed by atoms with Crippen LogP contribution in [-0.2, 0) is 4.99 Å². The highest BCUT2D eigenvalue weighted by atomic mass is 33.1. The maximum atomic E-state index is 9.95. The molecule has 1 aliphatic rings. The number of hydrogen-bond donors (Lipinski definition) is 5. The maximum absolute atomic E-state index is 9.95. The van der Waals surface area contributed by atoms with Gasteiger partial charge in [-0.3, -0.25) is 5.73 Å². The molecule has 0 amide bonds. The molecule has 0 fully saturated rings. The first-order chi connectivity index (χ1) is 10.4. The summed E-state index contributed by atoms with van der Waals surface area (Å²) in [6, 6.07) is 8.32. The predicted octanol–water partition coefficient (Wildman–Crippen LogP) is 2.42. The van der Waals surface area contributed by atoms with Crippen LogP contribution in [0, 0.1) is 0 Å². The van der Waals surface area contributed by atoms with E-state index in [-0.39, 0.29) is 23.0 Å². The molecule has 1 aliphatic heterocycles. The van der Waals surface area contributed by atoms with E-state index in [2.05, 4.69) is 4.99 Å². The number of rotatable bonds is 2. The summed E-state index contributed by atoms with van der Waals surface area (Å²) in [7, 11) is 2.47. The normalized spacial score (nSPS) is 20.9. The molecule has 0 bridgehead atoms. The van der Waals surface area contributed by atoms with Crippen molar-refractivity contribution in [2.45, 2.75) is 4.99 Å². The van der Waals surface area contributed by atoms with Crippen LogP contribution in [0.5, 0.6) is 23.0 Å². The van der Waals surface area contributed by atoms with Gasteiger partial charge in [-0.15, -0.1) is 0 Å². The van der Waals surface area contributed by atoms with Crippen LogP contribution in [0.1, 0.15) is 11.1 Å². The third kappa shape index (κ3) is 2.56. The van der Waals surface area contributed by atoms with Gasteiger partial charge in [0.2, 0.25) is 0 Å². The van der Waals surface area contributed by atoms with Gasteiger partial charge in [0.1, 0.15) is 28.0 Å². The van der Waals surface area contributed by atoms with Gasteiger partial charge in [-0.05, 0) is 45.9 Å². The lowest BCUT2D eigenvalue weighted by atomic mass is 10.1. The van der Waals surface area contributed by atoms with Crippen molar-refractivity contribution < 1.29 is 20.4 Å². The zero-order valence-electron chi connectivity index (χ0n) is 11.1. The molecule has 2 aromatic rings. The second-order valence-corrected chi connectivity index (χ2v) is 7.03. The van der Waals surface area contributed by atoms with Crippen LogP contribution in [0.4, 0.5) is 0 Å². The lowest BCUT2D eigenvalue weighted by Crippen LogP contribution is -2.28. The Morgan fingerprint density at radius 2 is 1.55 bits per heavy atom. The van der Waals surface area contributed by atoms with Gasteiger partial charge in [-0.1, -0.05) is 0 Å². The van der Waals surface area contributed by atoms with E-state index in [0.29, 0.717) is 16.2 Å². The number of benzene rings is 2. The van der Waals surface area contributed by atoms with Crippen molar-refractivity contribution in [3.63, 3.8) is 0 Å². The molecule has 8 heteroatoms. The molecule has 22 heavy (non-hydrogen) atoms. The molecule has 0 saturated carbocycles. The third-order valence-corrected chi connectivity index (χ3v) is 5.70. The molecule has 114 valence electrons. The van der Waals surface area contributed by atoms with Crippen LogP contribution < -0.4 is 5.73 Å². The highest BCUT2D eigenvalue weighted by molar-refractivity contribution is 8.83. The number of phenolic OH excluding ortho intramolecular Hbond substituents is 4. The van der Waals surface area contributed by atoms with Gasteiger partial charge in [0, 0.05) is 23.3 Å². The van der Waals surface area contributed by atoms with E-state index in [1.807, 2.05) is 0 Å². The van der Waals surface area contributed by atoms with E-state index in [4.69, 9.17) is 5.73 Å². The van der Waals surface area contributed by atoms with Gasteiger partial charge in [0.25, 0.3) is 0 Å². The highest BCUT2D eigenvalue weighted by Gasteiger charge is 2.38. The van der Waals surface area contributed by atoms with Crippen molar-refractivity contribution in [2.24, 2.45) is 10.7 Å². The summed E-state index contributed by atoms with van der Waals surface area (Å²) < 4.78 is 0. The summed E-state index contributed by atoms with van der Waals surface area (Å²) in [6.07, 6.45) is 0. The largest absolute Gasteiger partial charge is 0.508 e. The van der Waals surface area contributed by atoms with Crippen LogP contribution in [0.2, 0.25) is 0 Å². The minimum atomic E-state index is -1.23. The predicted molar refractivity (Wildman–Crippen MR) is 87.1 cm³/mol. The second kappa shape index (κ2) is 5.31. The number of phenols is 4. The molecule has 0 aliphatic carbocycles. The molecule has 1 atom stereocenters. The van der Waals surface area contributed by atoms with Gasteiger partial charge >= 0.3 is 0 Å². The van der Waals surface area contributed by atoms with Crippen molar-refractivity contribution >= 4 is 26.6 Å². The molecule has 1 unspecified atom stereocenters. The molecule has 0 aromatic heterocycles. The molecule has 0 saturated heterocycles. The number of hydrogen-bond acceptors (Lipinski definition) is 8. The lowest BCUT2D eigenvalue weighted by molar-refractivity contribution is 0.440. The van der Waals surface area contributed by atoms with E-state index in [1.54, 1.807) is 6.07 Å². The lowest BCUT2D eigenvalue weighted by Gasteiger charge is -2.19. The van der Waals surface area contributed by atoms with Gasteiger partial charge in [0.05, 0.1) is 0 Å². The first-order valence-electron chi connectivity index (χ1n) is 6.18. The maximum Gasteiger partial charge on any atom is 0.196 e. The highest BCUT2D eigenvalue weighted by Crippen LogP contribution is 2.52. The fourth-order valence-electron chi connectivity index (χ4n) is 2.03. The Balaban J connectivity index is 2.02. The summed E-state index contributed by atoms with van der Waals surface area (Å²) in [6.45, 7) is 0. The number of aliphatic imine (C=N–C) groups is 1. The molecule has 3 rings (SSSR count). The Bertz CT molecular complexity index is 781. The monoisotopic (exact) mass is 336 g/mol. The summed E-state index contributed by atoms with van der Waals surface area (Å²) in [5, 5.41) is 39.0. The zero-order chi connectivity index (χ0) is 15.9. The third-order valence-electron chi connectivity index (χ3n) is 3.09. The Kier molecular flexibility index (Phi) is 3.59. The molecule has 0 radical (unpaired) electrons. The summed E-state index contributed by atoms with van der Waals surface area (Å²) >= 11 is 0. The SMILES string of the molecule is NC1(c2ccc(O)cc2O)N=C(c2ccc(O)cc2O)SS1. The molecule has 6 N–H and O–H groups in total. The Hall–Kier alpha value is -2.03. The van der Waals surface area contributed by atoms with Crippen molar-refractivity contribution in [1.82, 2.24) is 0 Å². The van der Waals surface area contributed by atoms with Crippen molar-refractivity contribution in [1.29, 1.82) is 0 Å². The average Bonchev–Trinajstić information content (AvgIpc) is 2.81. The van der Waals surface area contributed by atoms with Gasteiger partial charge in [-0.2, -0.15) is 0 Å². The fraction of sp³-hybridized carbons (Fsp3) is 0.0714. The molecular formula is C14H12N2O4S2. The second-order valence-electron chi connectivity index (χ2n) is 4.68. The van der Waals surface area contributed by atoms with Gasteiger partial charge in [0.15, 0.2) is 4.99 Å². The van der Waals surface area contributed by atoms with E-state index in [9.17, 15) is 20.4 Å². The number of aromatic hydroxyl groups is 4. The Morgan fingerprint density at radius 1 is 0.909 bits per heavy atom. The summed E-state index contributed by atoms with van der Waals surface area (Å²) in [5.74, 6) is -0.380. The smallest absolute Gasteiger partial charge is 0.196 e. The van der Waals surface area contributed by atoms with Crippen LogP contribution in [-0.4, -0.2) is 25.5 Å². The van der Waals surface area contributed by atoms with E-state index >= 15 is 0 Å². The number of nitrogens with two attached hydrogens (primary N) is 1. The standard InChI is InChI=1S/C14H12N2O4S2/c15-14(10-4-2-8(18)6-12(10)20)16-13(21-22-14)9-3-1-7(17)5-11(9)19/h1-6,17-20H,15H2. The molecular weight excluding hydrogens is 324 g/mol. The van der Waals surface area contributed by atoms with Crippen LogP contribution >= 0.6 is 21.6 Å². The van der Waals surface area contributed by atoms with Crippen LogP contribution in [0.3, 0.4) is 0 Å². The Morgan fingerprint density at radius 3 is 2.18 bits per heavy atom. The molecule has 1 heterocycles. The number of nitrogens with zero attached hydrogens (tertiary/aromatic N) is 1. The van der Waals surface area contributed by atoms with Crippen molar-refractivity contribution in [3.05, 3.63) is 47.5 Å². The Labute approximate surface area is 133 Å². The average molecular weight is 336 g/mol. The van der Waals surface area contributed by atoms with Crippen molar-refractivity contribution in [2.75, 3.05) is 0 Å². The van der Waals surface area contributed by atoms with Crippen LogP contribution in [0.25, 0.3) is 0 Å². The zero-order valence-corrected chi connectivity index (χ0v) is 12.7. The van der Waals surface area contributed by atoms with E-state index < -0.39 is 4.99 Å². The van der Waals surface area contributed by atoms with Crippen LogP contribution in [0.15, 0.2) is 41.4 Å². The minimum Gasteiger partial charge on any atom is -0.508 e. The topological polar surface area (TPSA) is 119 Å². The van der Waals surface area contributed by atoms with Gasteiger partial charge < -0.3 is 20.4 Å².